The Bertz CT molecular complexity index is 290. The number of rotatable bonds is 3. The van der Waals surface area contributed by atoms with Crippen LogP contribution in [0.25, 0.3) is 0 Å². The van der Waals surface area contributed by atoms with E-state index < -0.39 is 0 Å². The third-order valence-corrected chi connectivity index (χ3v) is 3.82. The van der Waals surface area contributed by atoms with Crippen LogP contribution in [-0.4, -0.2) is 61.1 Å². The number of amidine groups is 1. The Morgan fingerprint density at radius 3 is 3.00 bits per heavy atom. The van der Waals surface area contributed by atoms with Gasteiger partial charge < -0.3 is 15.0 Å². The zero-order valence-corrected chi connectivity index (χ0v) is 10.8. The summed E-state index contributed by atoms with van der Waals surface area (Å²) in [5.74, 6) is 1.34. The third-order valence-electron chi connectivity index (χ3n) is 2.78. The van der Waals surface area contributed by atoms with Crippen LogP contribution in [-0.2, 0) is 9.53 Å². The van der Waals surface area contributed by atoms with Gasteiger partial charge >= 0.3 is 0 Å². The van der Waals surface area contributed by atoms with Crippen molar-refractivity contribution >= 4 is 22.8 Å². The van der Waals surface area contributed by atoms with Crippen LogP contribution in [0.4, 0.5) is 0 Å². The summed E-state index contributed by atoms with van der Waals surface area (Å²) in [6.45, 7) is 4.39. The van der Waals surface area contributed by atoms with Gasteiger partial charge in [0.2, 0.25) is 5.91 Å². The topological polar surface area (TPSA) is 53.9 Å². The minimum absolute atomic E-state index is 0.210. The number of ether oxygens (including phenoxy) is 1. The fraction of sp³-hybridized carbons (Fsp3) is 0.818. The van der Waals surface area contributed by atoms with E-state index in [1.165, 1.54) is 0 Å². The minimum Gasteiger partial charge on any atom is -0.378 e. The van der Waals surface area contributed by atoms with Crippen molar-refractivity contribution < 1.29 is 9.53 Å². The quantitative estimate of drug-likeness (QED) is 0.791. The van der Waals surface area contributed by atoms with Gasteiger partial charge in [-0.3, -0.25) is 9.79 Å². The first-order chi connectivity index (χ1) is 8.36. The number of morpholine rings is 1. The van der Waals surface area contributed by atoms with E-state index in [9.17, 15) is 4.79 Å². The smallest absolute Gasteiger partial charge is 0.224 e. The number of carbonyl (C=O) groups is 1. The lowest BCUT2D eigenvalue weighted by atomic mass is 10.3. The molecular formula is C11H19N3O2S. The predicted octanol–water partition coefficient (Wildman–Crippen LogP) is 0.318. The maximum absolute atomic E-state index is 11.8. The number of thioether (sulfide) groups is 1. The molecule has 5 nitrogen and oxygen atoms in total. The van der Waals surface area contributed by atoms with Gasteiger partial charge in [-0.25, -0.2) is 0 Å². The molecule has 1 fully saturated rings. The molecule has 1 N–H and O–H groups in total. The fourth-order valence-electron chi connectivity index (χ4n) is 1.81. The Hall–Kier alpha value is -0.750. The number of hydrogen-bond acceptors (Lipinski definition) is 5. The highest BCUT2D eigenvalue weighted by atomic mass is 32.2. The molecule has 2 rings (SSSR count). The van der Waals surface area contributed by atoms with E-state index in [1.54, 1.807) is 11.8 Å². The van der Waals surface area contributed by atoms with Crippen molar-refractivity contribution in [3.63, 3.8) is 0 Å². The van der Waals surface area contributed by atoms with Crippen molar-refractivity contribution in [2.45, 2.75) is 12.8 Å². The molecule has 0 spiro atoms. The highest BCUT2D eigenvalue weighted by Crippen LogP contribution is 2.10. The molecule has 2 aliphatic heterocycles. The summed E-state index contributed by atoms with van der Waals surface area (Å²) in [6, 6.07) is 0. The fourth-order valence-corrected chi connectivity index (χ4v) is 2.67. The molecule has 17 heavy (non-hydrogen) atoms. The van der Waals surface area contributed by atoms with Crippen LogP contribution < -0.4 is 5.32 Å². The number of amides is 1. The molecule has 0 aromatic heterocycles. The van der Waals surface area contributed by atoms with Crippen LogP contribution in [0, 0.1) is 0 Å². The summed E-state index contributed by atoms with van der Waals surface area (Å²) in [4.78, 5) is 18.1. The second-order valence-corrected chi connectivity index (χ2v) is 5.14. The number of carbonyl (C=O) groups excluding carboxylic acids is 1. The first-order valence-electron chi connectivity index (χ1n) is 6.13. The molecule has 96 valence electrons. The Kier molecular flexibility index (Phi) is 5.12. The van der Waals surface area contributed by atoms with E-state index >= 15 is 0 Å². The van der Waals surface area contributed by atoms with E-state index in [4.69, 9.17) is 4.74 Å². The van der Waals surface area contributed by atoms with Crippen LogP contribution >= 0.6 is 11.8 Å². The lowest BCUT2D eigenvalue weighted by molar-refractivity contribution is -0.135. The van der Waals surface area contributed by atoms with Crippen LogP contribution in [0.2, 0.25) is 0 Å². The maximum atomic E-state index is 11.8. The maximum Gasteiger partial charge on any atom is 0.224 e. The molecule has 6 heteroatoms. The highest BCUT2D eigenvalue weighted by molar-refractivity contribution is 8.13. The van der Waals surface area contributed by atoms with Crippen molar-refractivity contribution in [1.29, 1.82) is 0 Å². The van der Waals surface area contributed by atoms with Crippen molar-refractivity contribution in [3.8, 4) is 0 Å². The molecule has 0 saturated carbocycles. The van der Waals surface area contributed by atoms with Crippen LogP contribution in [0.5, 0.6) is 0 Å². The lowest BCUT2D eigenvalue weighted by Gasteiger charge is -2.27. The van der Waals surface area contributed by atoms with Crippen molar-refractivity contribution in [2.75, 3.05) is 45.1 Å². The first kappa shape index (κ1) is 12.7. The van der Waals surface area contributed by atoms with Gasteiger partial charge in [0.05, 0.1) is 13.2 Å². The predicted molar refractivity (Wildman–Crippen MR) is 69.4 cm³/mol. The van der Waals surface area contributed by atoms with Crippen molar-refractivity contribution in [2.24, 2.45) is 4.99 Å². The molecule has 0 atom stereocenters. The zero-order valence-electron chi connectivity index (χ0n) is 9.98. The number of nitrogens with zero attached hydrogens (tertiary/aromatic N) is 2. The molecular weight excluding hydrogens is 238 g/mol. The molecule has 1 amide bonds. The van der Waals surface area contributed by atoms with Gasteiger partial charge in [-0.15, -0.1) is 0 Å². The number of nitrogens with one attached hydrogen (secondary N) is 1. The largest absolute Gasteiger partial charge is 0.378 e. The number of aliphatic imine (C=N–C) groups is 1. The molecule has 0 aromatic rings. The molecule has 0 radical (unpaired) electrons. The number of hydrogen-bond donors (Lipinski definition) is 1. The summed E-state index contributed by atoms with van der Waals surface area (Å²) in [7, 11) is 0. The van der Waals surface area contributed by atoms with Crippen molar-refractivity contribution in [3.05, 3.63) is 0 Å². The standard InChI is InChI=1S/C11H19N3O2S/c15-10(14-5-7-16-8-6-14)2-4-13-11-12-3-1-9-17-11/h1-9H2,(H,12,13). The van der Waals surface area contributed by atoms with Crippen molar-refractivity contribution in [1.82, 2.24) is 10.2 Å². The summed E-state index contributed by atoms with van der Waals surface area (Å²) >= 11 is 1.74. The van der Waals surface area contributed by atoms with E-state index in [1.807, 2.05) is 4.90 Å². The van der Waals surface area contributed by atoms with E-state index in [0.29, 0.717) is 26.2 Å². The van der Waals surface area contributed by atoms with Gasteiger partial charge in [-0.2, -0.15) is 0 Å². The van der Waals surface area contributed by atoms with Gasteiger partial charge in [0.1, 0.15) is 0 Å². The average molecular weight is 257 g/mol. The SMILES string of the molecule is O=C(CCNC1=NCCCS1)N1CCOCC1. The summed E-state index contributed by atoms with van der Waals surface area (Å²) in [6.07, 6.45) is 1.70. The summed E-state index contributed by atoms with van der Waals surface area (Å²) < 4.78 is 5.22. The molecule has 0 unspecified atom stereocenters. The second-order valence-electron chi connectivity index (χ2n) is 4.06. The Morgan fingerprint density at radius 2 is 2.29 bits per heavy atom. The molecule has 2 aliphatic rings. The molecule has 0 aliphatic carbocycles. The Morgan fingerprint density at radius 1 is 1.47 bits per heavy atom. The molecule has 0 aromatic carbocycles. The summed E-state index contributed by atoms with van der Waals surface area (Å²) in [5.41, 5.74) is 0. The minimum atomic E-state index is 0.210. The third kappa shape index (κ3) is 4.20. The van der Waals surface area contributed by atoms with Gasteiger partial charge in [0.15, 0.2) is 5.17 Å². The highest BCUT2D eigenvalue weighted by Gasteiger charge is 2.16. The first-order valence-corrected chi connectivity index (χ1v) is 7.11. The van der Waals surface area contributed by atoms with Gasteiger partial charge in [0.25, 0.3) is 0 Å². The second kappa shape index (κ2) is 6.86. The lowest BCUT2D eigenvalue weighted by Crippen LogP contribution is -2.41. The Labute approximate surface area is 106 Å². The van der Waals surface area contributed by atoms with E-state index in [0.717, 1.165) is 37.0 Å². The zero-order chi connectivity index (χ0) is 11.9. The molecule has 0 bridgehead atoms. The van der Waals surface area contributed by atoms with Crippen LogP contribution in [0.1, 0.15) is 12.8 Å². The van der Waals surface area contributed by atoms with Gasteiger partial charge in [-0.05, 0) is 6.42 Å². The van der Waals surface area contributed by atoms with Crippen LogP contribution in [0.15, 0.2) is 4.99 Å². The van der Waals surface area contributed by atoms with E-state index in [-0.39, 0.29) is 5.91 Å². The van der Waals surface area contributed by atoms with Gasteiger partial charge in [-0.1, -0.05) is 11.8 Å². The molecule has 1 saturated heterocycles. The summed E-state index contributed by atoms with van der Waals surface area (Å²) in [5, 5.41) is 4.22. The van der Waals surface area contributed by atoms with Crippen LogP contribution in [0.3, 0.4) is 0 Å². The molecule has 2 heterocycles. The Balaban J connectivity index is 1.63. The van der Waals surface area contributed by atoms with Gasteiger partial charge in [0, 0.05) is 38.4 Å². The average Bonchev–Trinajstić information content (AvgIpc) is 2.41. The normalized spacial score (nSPS) is 20.9. The monoisotopic (exact) mass is 257 g/mol. The van der Waals surface area contributed by atoms with E-state index in [2.05, 4.69) is 10.3 Å².